The van der Waals surface area contributed by atoms with Crippen LogP contribution in [0, 0.1) is 0 Å². The number of nitrogens with one attached hydrogen (secondary N) is 3. The minimum absolute atomic E-state index is 0.0952. The molecular formula is C14H19N3O5. The molecule has 4 N–H and O–H groups in total. The molecule has 0 unspecified atom stereocenters. The molecule has 0 heterocycles. The van der Waals surface area contributed by atoms with E-state index in [1.54, 1.807) is 0 Å². The predicted molar refractivity (Wildman–Crippen MR) is 78.0 cm³/mol. The third-order valence-electron chi connectivity index (χ3n) is 2.64. The molecule has 8 heteroatoms. The van der Waals surface area contributed by atoms with Crippen molar-refractivity contribution < 1.29 is 24.2 Å². The van der Waals surface area contributed by atoms with E-state index in [4.69, 9.17) is 9.84 Å². The maximum Gasteiger partial charge on any atom is 0.408 e. The number of benzene rings is 1. The molecule has 22 heavy (non-hydrogen) atoms. The zero-order valence-electron chi connectivity index (χ0n) is 12.3. The number of hydrogen-bond acceptors (Lipinski definition) is 4. The van der Waals surface area contributed by atoms with Crippen LogP contribution in [0.5, 0.6) is 0 Å². The van der Waals surface area contributed by atoms with Gasteiger partial charge in [0.05, 0.1) is 0 Å². The van der Waals surface area contributed by atoms with Crippen molar-refractivity contribution in [1.29, 1.82) is 0 Å². The lowest BCUT2D eigenvalue weighted by molar-refractivity contribution is -0.123. The summed E-state index contributed by atoms with van der Waals surface area (Å²) in [6.45, 7) is 3.02. The molecule has 0 radical (unpaired) electrons. The third kappa shape index (κ3) is 6.60. The van der Waals surface area contributed by atoms with E-state index in [-0.39, 0.29) is 6.61 Å². The van der Waals surface area contributed by atoms with E-state index >= 15 is 0 Å². The minimum atomic E-state index is -1.25. The first-order chi connectivity index (χ1) is 10.4. The summed E-state index contributed by atoms with van der Waals surface area (Å²) >= 11 is 0. The second-order valence-corrected chi connectivity index (χ2v) is 4.61. The molecule has 120 valence electrons. The van der Waals surface area contributed by atoms with Crippen molar-refractivity contribution in [1.82, 2.24) is 16.0 Å². The van der Waals surface area contributed by atoms with Crippen molar-refractivity contribution in [2.24, 2.45) is 0 Å². The second kappa shape index (κ2) is 8.50. The summed E-state index contributed by atoms with van der Waals surface area (Å²) < 4.78 is 4.98. The van der Waals surface area contributed by atoms with Crippen molar-refractivity contribution in [3.8, 4) is 0 Å². The zero-order valence-corrected chi connectivity index (χ0v) is 12.3. The Labute approximate surface area is 127 Å². The summed E-state index contributed by atoms with van der Waals surface area (Å²) in [5, 5.41) is 15.3. The van der Waals surface area contributed by atoms with E-state index in [9.17, 15) is 14.4 Å². The Balaban J connectivity index is 2.33. The number of hydrogen-bond donors (Lipinski definition) is 4. The topological polar surface area (TPSA) is 117 Å². The van der Waals surface area contributed by atoms with Crippen LogP contribution < -0.4 is 16.0 Å². The van der Waals surface area contributed by atoms with Gasteiger partial charge < -0.3 is 25.8 Å². The van der Waals surface area contributed by atoms with Crippen LogP contribution in [-0.4, -0.2) is 35.4 Å². The van der Waals surface area contributed by atoms with E-state index in [1.807, 2.05) is 30.3 Å². The standard InChI is InChI=1S/C14H19N3O5/c1-9(12(18)16-10(2)17-13(19)20)15-14(21)22-8-11-6-4-3-5-7-11/h3-7,9-10,17H,8H2,1-2H3,(H,15,21)(H,16,18)(H,19,20)/t9-,10+/m0/s1. The molecule has 0 saturated heterocycles. The second-order valence-electron chi connectivity index (χ2n) is 4.61. The fraction of sp³-hybridized carbons (Fsp3) is 0.357. The molecule has 3 amide bonds. The zero-order chi connectivity index (χ0) is 16.5. The highest BCUT2D eigenvalue weighted by Crippen LogP contribution is 2.00. The van der Waals surface area contributed by atoms with E-state index in [2.05, 4.69) is 16.0 Å². The van der Waals surface area contributed by atoms with Crippen LogP contribution in [-0.2, 0) is 16.1 Å². The van der Waals surface area contributed by atoms with E-state index in [1.165, 1.54) is 13.8 Å². The molecular weight excluding hydrogens is 290 g/mol. The van der Waals surface area contributed by atoms with Gasteiger partial charge in [-0.1, -0.05) is 30.3 Å². The van der Waals surface area contributed by atoms with Crippen molar-refractivity contribution in [3.05, 3.63) is 35.9 Å². The Kier molecular flexibility index (Phi) is 6.68. The number of carboxylic acid groups (broad SMARTS) is 1. The van der Waals surface area contributed by atoms with Gasteiger partial charge in [-0.05, 0) is 19.4 Å². The smallest absolute Gasteiger partial charge is 0.408 e. The SMILES string of the molecule is C[C@@H](NC(=O)O)NC(=O)[C@H](C)NC(=O)OCc1ccccc1. The van der Waals surface area contributed by atoms with Crippen LogP contribution in [0.1, 0.15) is 19.4 Å². The molecule has 0 aromatic heterocycles. The van der Waals surface area contributed by atoms with Gasteiger partial charge in [-0.3, -0.25) is 4.79 Å². The van der Waals surface area contributed by atoms with Crippen LogP contribution >= 0.6 is 0 Å². The molecule has 0 spiro atoms. The minimum Gasteiger partial charge on any atom is -0.465 e. The average Bonchev–Trinajstić information content (AvgIpc) is 2.45. The first-order valence-electron chi connectivity index (χ1n) is 6.65. The summed E-state index contributed by atoms with van der Waals surface area (Å²) in [4.78, 5) is 33.7. The van der Waals surface area contributed by atoms with Crippen molar-refractivity contribution in [2.45, 2.75) is 32.7 Å². The number of alkyl carbamates (subject to hydrolysis) is 1. The number of carbonyl (C=O) groups excluding carboxylic acids is 2. The lowest BCUT2D eigenvalue weighted by Crippen LogP contribution is -2.52. The van der Waals surface area contributed by atoms with E-state index in [0.29, 0.717) is 0 Å². The lowest BCUT2D eigenvalue weighted by Gasteiger charge is -2.18. The molecule has 1 aromatic rings. The largest absolute Gasteiger partial charge is 0.465 e. The van der Waals surface area contributed by atoms with Crippen LogP contribution in [0.2, 0.25) is 0 Å². The van der Waals surface area contributed by atoms with Crippen LogP contribution in [0.25, 0.3) is 0 Å². The summed E-state index contributed by atoms with van der Waals surface area (Å²) in [5.41, 5.74) is 0.828. The third-order valence-corrected chi connectivity index (χ3v) is 2.64. The van der Waals surface area contributed by atoms with Crippen molar-refractivity contribution in [2.75, 3.05) is 0 Å². The summed E-state index contributed by atoms with van der Waals surface area (Å²) in [7, 11) is 0. The average molecular weight is 309 g/mol. The normalized spacial score (nSPS) is 12.6. The molecule has 2 atom stereocenters. The fourth-order valence-corrected chi connectivity index (χ4v) is 1.57. The summed E-state index contributed by atoms with van der Waals surface area (Å²) in [5.74, 6) is -0.530. The lowest BCUT2D eigenvalue weighted by atomic mass is 10.2. The molecule has 0 aliphatic rings. The number of rotatable bonds is 6. The molecule has 8 nitrogen and oxygen atoms in total. The molecule has 0 saturated carbocycles. The van der Waals surface area contributed by atoms with E-state index < -0.39 is 30.3 Å². The quantitative estimate of drug-likeness (QED) is 0.586. The van der Waals surface area contributed by atoms with Gasteiger partial charge in [0, 0.05) is 0 Å². The van der Waals surface area contributed by atoms with E-state index in [0.717, 1.165) is 5.56 Å². The van der Waals surface area contributed by atoms with Crippen molar-refractivity contribution >= 4 is 18.1 Å². The Morgan fingerprint density at radius 2 is 1.73 bits per heavy atom. The van der Waals surface area contributed by atoms with Gasteiger partial charge in [0.1, 0.15) is 18.8 Å². The van der Waals surface area contributed by atoms with Crippen LogP contribution in [0.4, 0.5) is 9.59 Å². The molecule has 1 rings (SSSR count). The van der Waals surface area contributed by atoms with Crippen LogP contribution in [0.3, 0.4) is 0 Å². The predicted octanol–water partition coefficient (Wildman–Crippen LogP) is 1.03. The Bertz CT molecular complexity index is 520. The molecule has 0 aliphatic heterocycles. The van der Waals surface area contributed by atoms with Gasteiger partial charge in [-0.25, -0.2) is 9.59 Å². The number of amides is 3. The van der Waals surface area contributed by atoms with Gasteiger partial charge in [0.25, 0.3) is 0 Å². The van der Waals surface area contributed by atoms with Gasteiger partial charge in [0.15, 0.2) is 0 Å². The van der Waals surface area contributed by atoms with Crippen LogP contribution in [0.15, 0.2) is 30.3 Å². The number of ether oxygens (including phenoxy) is 1. The Hall–Kier alpha value is -2.77. The number of carbonyl (C=O) groups is 3. The molecule has 0 fully saturated rings. The Morgan fingerprint density at radius 3 is 2.32 bits per heavy atom. The molecule has 0 aliphatic carbocycles. The van der Waals surface area contributed by atoms with Gasteiger partial charge in [0.2, 0.25) is 5.91 Å². The van der Waals surface area contributed by atoms with Gasteiger partial charge in [-0.2, -0.15) is 0 Å². The first-order valence-corrected chi connectivity index (χ1v) is 6.65. The highest BCUT2D eigenvalue weighted by Gasteiger charge is 2.18. The first kappa shape index (κ1) is 17.3. The Morgan fingerprint density at radius 1 is 1.09 bits per heavy atom. The monoisotopic (exact) mass is 309 g/mol. The molecule has 1 aromatic carbocycles. The van der Waals surface area contributed by atoms with Gasteiger partial charge >= 0.3 is 12.2 Å². The highest BCUT2D eigenvalue weighted by atomic mass is 16.5. The molecule has 0 bridgehead atoms. The highest BCUT2D eigenvalue weighted by molar-refractivity contribution is 5.85. The fourth-order valence-electron chi connectivity index (χ4n) is 1.57. The van der Waals surface area contributed by atoms with Gasteiger partial charge in [-0.15, -0.1) is 0 Å². The maximum absolute atomic E-state index is 11.7. The van der Waals surface area contributed by atoms with Crippen molar-refractivity contribution in [3.63, 3.8) is 0 Å². The maximum atomic E-state index is 11.7. The summed E-state index contributed by atoms with van der Waals surface area (Å²) in [6.07, 6.45) is -2.75. The summed E-state index contributed by atoms with van der Waals surface area (Å²) in [6, 6.07) is 8.25.